The van der Waals surface area contributed by atoms with Gasteiger partial charge in [0.2, 0.25) is 0 Å². The molecule has 0 aromatic carbocycles. The van der Waals surface area contributed by atoms with Gasteiger partial charge in [0, 0.05) is 13.1 Å². The van der Waals surface area contributed by atoms with Crippen LogP contribution in [0.25, 0.3) is 0 Å². The number of halogens is 2. The van der Waals surface area contributed by atoms with Gasteiger partial charge in [0.15, 0.2) is 4.67 Å². The highest BCUT2D eigenvalue weighted by Crippen LogP contribution is 2.15. The van der Waals surface area contributed by atoms with Crippen molar-refractivity contribution in [2.75, 3.05) is 7.05 Å². The van der Waals surface area contributed by atoms with E-state index in [1.807, 2.05) is 0 Å². The minimum absolute atomic E-state index is 0.267. The predicted molar refractivity (Wildman–Crippen MR) is 49.8 cm³/mol. The normalized spacial score (nSPS) is 9.77. The number of imide groups is 1. The van der Waals surface area contributed by atoms with E-state index >= 15 is 0 Å². The smallest absolute Gasteiger partial charge is 0.323 e. The molecule has 13 heavy (non-hydrogen) atoms. The summed E-state index contributed by atoms with van der Waals surface area (Å²) in [5.41, 5.74) is 0.267. The summed E-state index contributed by atoms with van der Waals surface area (Å²) in [6.07, 6.45) is 1.24. The summed E-state index contributed by atoms with van der Waals surface area (Å²) in [7, 11) is 1.29. The van der Waals surface area contributed by atoms with Gasteiger partial charge < -0.3 is 4.42 Å². The Bertz CT molecular complexity index is 349. The Labute approximate surface area is 87.6 Å². The molecule has 1 rings (SSSR count). The molecule has 0 bridgehead atoms. The minimum atomic E-state index is -0.831. The van der Waals surface area contributed by atoms with Crippen molar-refractivity contribution in [2.45, 2.75) is 0 Å². The fourth-order valence-corrected chi connectivity index (χ4v) is 1.11. The van der Waals surface area contributed by atoms with E-state index in [2.05, 4.69) is 15.9 Å². The molecule has 1 aromatic rings. The first-order valence-electron chi connectivity index (χ1n) is 3.24. The van der Waals surface area contributed by atoms with E-state index in [0.717, 1.165) is 4.90 Å². The minimum Gasteiger partial charge on any atom is -0.457 e. The summed E-state index contributed by atoms with van der Waals surface area (Å²) >= 11 is 8.13. The van der Waals surface area contributed by atoms with Gasteiger partial charge in [0.05, 0.1) is 5.56 Å². The number of furan rings is 1. The Kier molecular flexibility index (Phi) is 3.11. The van der Waals surface area contributed by atoms with E-state index in [1.165, 1.54) is 19.4 Å². The topological polar surface area (TPSA) is 50.5 Å². The van der Waals surface area contributed by atoms with E-state index in [9.17, 15) is 9.59 Å². The number of carbonyl (C=O) groups excluding carboxylic acids is 2. The fraction of sp³-hybridized carbons (Fsp3) is 0.143. The lowest BCUT2D eigenvalue weighted by Crippen LogP contribution is -2.28. The molecule has 1 aromatic heterocycles. The zero-order valence-electron chi connectivity index (χ0n) is 6.58. The van der Waals surface area contributed by atoms with Gasteiger partial charge in [0.25, 0.3) is 5.91 Å². The molecule has 0 aliphatic heterocycles. The molecule has 0 unspecified atom stereocenters. The monoisotopic (exact) mass is 265 g/mol. The van der Waals surface area contributed by atoms with Crippen LogP contribution in [0.1, 0.15) is 10.4 Å². The lowest BCUT2D eigenvalue weighted by Gasteiger charge is -2.08. The van der Waals surface area contributed by atoms with E-state index in [0.29, 0.717) is 4.67 Å². The molecule has 1 heterocycles. The van der Waals surface area contributed by atoms with Gasteiger partial charge in [-0.1, -0.05) is 0 Å². The molecular formula is C7H5BrClNO3. The Morgan fingerprint density at radius 1 is 1.62 bits per heavy atom. The molecule has 0 atom stereocenters. The Morgan fingerprint density at radius 3 is 2.62 bits per heavy atom. The Hall–Kier alpha value is -0.810. The third kappa shape index (κ3) is 2.32. The molecule has 0 spiro atoms. The van der Waals surface area contributed by atoms with Gasteiger partial charge in [-0.3, -0.25) is 14.5 Å². The van der Waals surface area contributed by atoms with Crippen molar-refractivity contribution in [1.29, 1.82) is 0 Å². The highest BCUT2D eigenvalue weighted by molar-refractivity contribution is 9.10. The largest absolute Gasteiger partial charge is 0.457 e. The van der Waals surface area contributed by atoms with Gasteiger partial charge in [-0.2, -0.15) is 0 Å². The second kappa shape index (κ2) is 3.93. The third-order valence-electron chi connectivity index (χ3n) is 1.38. The quantitative estimate of drug-likeness (QED) is 0.579. The first-order valence-corrected chi connectivity index (χ1v) is 4.41. The molecule has 0 saturated heterocycles. The third-order valence-corrected chi connectivity index (χ3v) is 2.05. The highest BCUT2D eigenvalue weighted by atomic mass is 79.9. The molecule has 0 saturated carbocycles. The number of carbonyl (C=O) groups is 2. The molecule has 4 nitrogen and oxygen atoms in total. The molecule has 0 aliphatic carbocycles. The van der Waals surface area contributed by atoms with Crippen LogP contribution < -0.4 is 0 Å². The van der Waals surface area contributed by atoms with Crippen molar-refractivity contribution in [3.8, 4) is 0 Å². The van der Waals surface area contributed by atoms with Crippen molar-refractivity contribution in [1.82, 2.24) is 4.90 Å². The molecule has 0 aliphatic rings. The number of rotatable bonds is 1. The van der Waals surface area contributed by atoms with Crippen LogP contribution in [-0.2, 0) is 0 Å². The van der Waals surface area contributed by atoms with E-state index in [1.54, 1.807) is 0 Å². The second-order valence-electron chi connectivity index (χ2n) is 2.26. The summed E-state index contributed by atoms with van der Waals surface area (Å²) in [4.78, 5) is 22.7. The van der Waals surface area contributed by atoms with Gasteiger partial charge in [-0.05, 0) is 27.5 Å². The van der Waals surface area contributed by atoms with Gasteiger partial charge >= 0.3 is 5.37 Å². The maximum atomic E-state index is 11.3. The average Bonchev–Trinajstić information content (AvgIpc) is 2.49. The summed E-state index contributed by atoms with van der Waals surface area (Å²) in [6, 6.07) is 1.46. The van der Waals surface area contributed by atoms with Crippen LogP contribution in [0.5, 0.6) is 0 Å². The predicted octanol–water partition coefficient (Wildman–Crippen LogP) is 2.47. The SMILES string of the molecule is CN(C(=O)Cl)C(=O)c1coc(Br)c1. The highest BCUT2D eigenvalue weighted by Gasteiger charge is 2.18. The van der Waals surface area contributed by atoms with Crippen LogP contribution in [-0.4, -0.2) is 23.2 Å². The van der Waals surface area contributed by atoms with Crippen molar-refractivity contribution in [3.63, 3.8) is 0 Å². The standard InChI is InChI=1S/C7H5BrClNO3/c1-10(7(9)12)6(11)4-2-5(8)13-3-4/h2-3H,1H3. The molecule has 0 radical (unpaired) electrons. The summed E-state index contributed by atoms with van der Waals surface area (Å²) in [5.74, 6) is -0.505. The van der Waals surface area contributed by atoms with Gasteiger partial charge in [-0.15, -0.1) is 0 Å². The molecule has 0 N–H and O–H groups in total. The molecule has 2 amide bonds. The van der Waals surface area contributed by atoms with Crippen LogP contribution in [0.15, 0.2) is 21.4 Å². The van der Waals surface area contributed by atoms with Crippen LogP contribution in [0.4, 0.5) is 4.79 Å². The maximum Gasteiger partial charge on any atom is 0.323 e. The molecule has 6 heteroatoms. The van der Waals surface area contributed by atoms with Gasteiger partial charge in [0.1, 0.15) is 6.26 Å². The summed E-state index contributed by atoms with van der Waals surface area (Å²) in [6.45, 7) is 0. The molecular weight excluding hydrogens is 261 g/mol. The van der Waals surface area contributed by atoms with Crippen LogP contribution in [0.2, 0.25) is 0 Å². The van der Waals surface area contributed by atoms with Crippen molar-refractivity contribution >= 4 is 38.8 Å². The van der Waals surface area contributed by atoms with Crippen molar-refractivity contribution in [2.24, 2.45) is 0 Å². The summed E-state index contributed by atoms with van der Waals surface area (Å²) < 4.78 is 5.25. The van der Waals surface area contributed by atoms with E-state index < -0.39 is 11.3 Å². The number of amides is 2. The first-order chi connectivity index (χ1) is 6.02. The maximum absolute atomic E-state index is 11.3. The zero-order valence-corrected chi connectivity index (χ0v) is 8.92. The molecule has 70 valence electrons. The zero-order chi connectivity index (χ0) is 10.0. The van der Waals surface area contributed by atoms with Crippen LogP contribution in [0, 0.1) is 0 Å². The number of hydrogen-bond donors (Lipinski definition) is 0. The Balaban J connectivity index is 2.85. The van der Waals surface area contributed by atoms with E-state index in [-0.39, 0.29) is 5.56 Å². The second-order valence-corrected chi connectivity index (χ2v) is 3.36. The van der Waals surface area contributed by atoms with Crippen LogP contribution in [0.3, 0.4) is 0 Å². The fourth-order valence-electron chi connectivity index (χ4n) is 0.696. The van der Waals surface area contributed by atoms with Crippen molar-refractivity contribution in [3.05, 3.63) is 22.6 Å². The Morgan fingerprint density at radius 2 is 2.23 bits per heavy atom. The number of nitrogens with zero attached hydrogens (tertiary/aromatic N) is 1. The summed E-state index contributed by atoms with van der Waals surface area (Å²) in [5, 5.41) is -0.831. The van der Waals surface area contributed by atoms with Crippen LogP contribution >= 0.6 is 27.5 Å². The van der Waals surface area contributed by atoms with Crippen molar-refractivity contribution < 1.29 is 14.0 Å². The average molecular weight is 266 g/mol. The molecule has 0 fully saturated rings. The van der Waals surface area contributed by atoms with E-state index in [4.69, 9.17) is 16.0 Å². The first kappa shape index (κ1) is 10.3. The lowest BCUT2D eigenvalue weighted by molar-refractivity contribution is 0.0847. The van der Waals surface area contributed by atoms with Gasteiger partial charge in [-0.25, -0.2) is 0 Å². The number of hydrogen-bond acceptors (Lipinski definition) is 3. The lowest BCUT2D eigenvalue weighted by atomic mass is 10.3.